The fourth-order valence-corrected chi connectivity index (χ4v) is 3.25. The van der Waals surface area contributed by atoms with Crippen molar-refractivity contribution in [3.63, 3.8) is 0 Å². The van der Waals surface area contributed by atoms with Gasteiger partial charge in [0.15, 0.2) is 5.13 Å². The van der Waals surface area contributed by atoms with Gasteiger partial charge in [0, 0.05) is 23.9 Å². The standard InChI is InChI=1S/C15H16N4OS/c1-20-11-4-5-13-12(7-11)18-14(19(13)10-2-3-10)6-9-8-21-15(16)17-9/h4-5,7-8,10H,2-3,6H2,1H3,(H2,16,17). The Kier molecular flexibility index (Phi) is 2.85. The van der Waals surface area contributed by atoms with Gasteiger partial charge in [-0.2, -0.15) is 0 Å². The van der Waals surface area contributed by atoms with Crippen LogP contribution in [0.15, 0.2) is 23.6 Å². The largest absolute Gasteiger partial charge is 0.497 e. The zero-order valence-electron chi connectivity index (χ0n) is 11.7. The van der Waals surface area contributed by atoms with Gasteiger partial charge in [-0.25, -0.2) is 9.97 Å². The highest BCUT2D eigenvalue weighted by atomic mass is 32.1. The smallest absolute Gasteiger partial charge is 0.180 e. The summed E-state index contributed by atoms with van der Waals surface area (Å²) >= 11 is 1.48. The van der Waals surface area contributed by atoms with E-state index in [1.807, 2.05) is 17.5 Å². The van der Waals surface area contributed by atoms with Crippen LogP contribution in [0.3, 0.4) is 0 Å². The van der Waals surface area contributed by atoms with E-state index < -0.39 is 0 Å². The second-order valence-corrected chi connectivity index (χ2v) is 6.23. The highest BCUT2D eigenvalue weighted by Crippen LogP contribution is 2.39. The average Bonchev–Trinajstić information content (AvgIpc) is 3.14. The molecule has 2 aromatic heterocycles. The molecule has 4 rings (SSSR count). The van der Waals surface area contributed by atoms with Crippen molar-refractivity contribution in [2.75, 3.05) is 12.8 Å². The molecule has 1 fully saturated rings. The van der Waals surface area contributed by atoms with E-state index in [1.54, 1.807) is 7.11 Å². The molecular weight excluding hydrogens is 284 g/mol. The van der Waals surface area contributed by atoms with Crippen LogP contribution in [-0.2, 0) is 6.42 Å². The topological polar surface area (TPSA) is 66.0 Å². The lowest BCUT2D eigenvalue weighted by atomic mass is 10.3. The van der Waals surface area contributed by atoms with Gasteiger partial charge in [0.05, 0.1) is 23.8 Å². The molecule has 6 heteroatoms. The molecule has 0 atom stereocenters. The maximum Gasteiger partial charge on any atom is 0.180 e. The molecule has 1 saturated carbocycles. The molecule has 5 nitrogen and oxygen atoms in total. The number of fused-ring (bicyclic) bond motifs is 1. The Morgan fingerprint density at radius 2 is 2.24 bits per heavy atom. The first kappa shape index (κ1) is 12.6. The molecule has 0 spiro atoms. The molecule has 1 aliphatic carbocycles. The van der Waals surface area contributed by atoms with Crippen molar-refractivity contribution in [1.29, 1.82) is 0 Å². The van der Waals surface area contributed by atoms with Gasteiger partial charge in [-0.3, -0.25) is 0 Å². The first-order valence-electron chi connectivity index (χ1n) is 6.99. The molecule has 0 unspecified atom stereocenters. The van der Waals surface area contributed by atoms with Crippen molar-refractivity contribution in [2.24, 2.45) is 0 Å². The van der Waals surface area contributed by atoms with E-state index in [4.69, 9.17) is 15.5 Å². The summed E-state index contributed by atoms with van der Waals surface area (Å²) in [6, 6.07) is 6.66. The molecule has 2 N–H and O–H groups in total. The fourth-order valence-electron chi connectivity index (χ4n) is 2.69. The third-order valence-electron chi connectivity index (χ3n) is 3.79. The summed E-state index contributed by atoms with van der Waals surface area (Å²) in [4.78, 5) is 9.14. The molecule has 0 amide bonds. The molecular formula is C15H16N4OS. The Morgan fingerprint density at radius 1 is 1.38 bits per heavy atom. The summed E-state index contributed by atoms with van der Waals surface area (Å²) in [6.07, 6.45) is 3.18. The zero-order valence-corrected chi connectivity index (χ0v) is 12.6. The number of methoxy groups -OCH3 is 1. The summed E-state index contributed by atoms with van der Waals surface area (Å²) < 4.78 is 7.64. The maximum absolute atomic E-state index is 5.72. The van der Waals surface area contributed by atoms with E-state index in [2.05, 4.69) is 15.6 Å². The number of aromatic nitrogens is 3. The maximum atomic E-state index is 5.72. The van der Waals surface area contributed by atoms with Crippen molar-refractivity contribution >= 4 is 27.5 Å². The van der Waals surface area contributed by atoms with Crippen LogP contribution >= 0.6 is 11.3 Å². The number of anilines is 1. The Bertz CT molecular complexity index is 803. The normalized spacial score (nSPS) is 14.7. The summed E-state index contributed by atoms with van der Waals surface area (Å²) in [7, 11) is 1.68. The van der Waals surface area contributed by atoms with E-state index in [1.165, 1.54) is 29.7 Å². The molecule has 1 aromatic carbocycles. The van der Waals surface area contributed by atoms with Crippen LogP contribution in [0.2, 0.25) is 0 Å². The number of thiazole rings is 1. The number of rotatable bonds is 4. The van der Waals surface area contributed by atoms with Crippen LogP contribution < -0.4 is 10.5 Å². The minimum absolute atomic E-state index is 0.578. The number of nitrogen functional groups attached to an aromatic ring is 1. The summed E-state index contributed by atoms with van der Waals surface area (Å²) in [5.41, 5.74) is 8.87. The van der Waals surface area contributed by atoms with Crippen LogP contribution in [0.25, 0.3) is 11.0 Å². The van der Waals surface area contributed by atoms with Gasteiger partial charge < -0.3 is 15.0 Å². The van der Waals surface area contributed by atoms with Crippen LogP contribution in [0.1, 0.15) is 30.4 Å². The number of hydrogen-bond acceptors (Lipinski definition) is 5. The predicted octanol–water partition coefficient (Wildman–Crippen LogP) is 3.01. The lowest BCUT2D eigenvalue weighted by molar-refractivity contribution is 0.415. The average molecular weight is 300 g/mol. The van der Waals surface area contributed by atoms with Crippen LogP contribution in [0, 0.1) is 0 Å². The number of nitrogens with zero attached hydrogens (tertiary/aromatic N) is 3. The quantitative estimate of drug-likeness (QED) is 0.804. The second-order valence-electron chi connectivity index (χ2n) is 5.34. The van der Waals surface area contributed by atoms with E-state index in [9.17, 15) is 0 Å². The highest BCUT2D eigenvalue weighted by Gasteiger charge is 2.28. The van der Waals surface area contributed by atoms with E-state index in [-0.39, 0.29) is 0 Å². The van der Waals surface area contributed by atoms with E-state index >= 15 is 0 Å². The van der Waals surface area contributed by atoms with Gasteiger partial charge in [0.2, 0.25) is 0 Å². The van der Waals surface area contributed by atoms with Crippen LogP contribution in [-0.4, -0.2) is 21.6 Å². The summed E-state index contributed by atoms with van der Waals surface area (Å²) in [6.45, 7) is 0. The lowest BCUT2D eigenvalue weighted by Gasteiger charge is -2.06. The number of benzene rings is 1. The monoisotopic (exact) mass is 300 g/mol. The summed E-state index contributed by atoms with van der Waals surface area (Å²) in [5.74, 6) is 1.90. The van der Waals surface area contributed by atoms with Gasteiger partial charge in [0.25, 0.3) is 0 Å². The number of nitrogens with two attached hydrogens (primary N) is 1. The van der Waals surface area contributed by atoms with Gasteiger partial charge in [-0.1, -0.05) is 0 Å². The van der Waals surface area contributed by atoms with Crippen molar-refractivity contribution in [3.8, 4) is 5.75 Å². The zero-order chi connectivity index (χ0) is 14.4. The molecule has 0 aliphatic heterocycles. The Hall–Kier alpha value is -2.08. The molecule has 2 heterocycles. The van der Waals surface area contributed by atoms with Crippen molar-refractivity contribution < 1.29 is 4.74 Å². The minimum atomic E-state index is 0.578. The molecule has 0 radical (unpaired) electrons. The minimum Gasteiger partial charge on any atom is -0.497 e. The SMILES string of the molecule is COc1ccc2c(c1)nc(Cc1csc(N)n1)n2C1CC1. The van der Waals surface area contributed by atoms with Crippen LogP contribution in [0.5, 0.6) is 5.75 Å². The van der Waals surface area contributed by atoms with Gasteiger partial charge >= 0.3 is 0 Å². The second kappa shape index (κ2) is 4.73. The number of hydrogen-bond donors (Lipinski definition) is 1. The highest BCUT2D eigenvalue weighted by molar-refractivity contribution is 7.13. The Morgan fingerprint density at radius 3 is 2.90 bits per heavy atom. The summed E-state index contributed by atoms with van der Waals surface area (Å²) in [5, 5.41) is 2.62. The molecule has 0 saturated heterocycles. The number of imidazole rings is 1. The Balaban J connectivity index is 1.81. The Labute approximate surface area is 126 Å². The van der Waals surface area contributed by atoms with Crippen molar-refractivity contribution in [1.82, 2.24) is 14.5 Å². The van der Waals surface area contributed by atoms with Gasteiger partial charge in [-0.15, -0.1) is 11.3 Å². The third kappa shape index (κ3) is 2.25. The molecule has 1 aliphatic rings. The first-order chi connectivity index (χ1) is 10.2. The predicted molar refractivity (Wildman–Crippen MR) is 83.9 cm³/mol. The third-order valence-corrected chi connectivity index (χ3v) is 4.51. The van der Waals surface area contributed by atoms with Gasteiger partial charge in [0.1, 0.15) is 11.6 Å². The number of ether oxygens (including phenoxy) is 1. The lowest BCUT2D eigenvalue weighted by Crippen LogP contribution is -2.03. The van der Waals surface area contributed by atoms with Gasteiger partial charge in [-0.05, 0) is 25.0 Å². The first-order valence-corrected chi connectivity index (χ1v) is 7.87. The molecule has 3 aromatic rings. The van der Waals surface area contributed by atoms with Crippen molar-refractivity contribution in [3.05, 3.63) is 35.1 Å². The van der Waals surface area contributed by atoms with Crippen molar-refractivity contribution in [2.45, 2.75) is 25.3 Å². The van der Waals surface area contributed by atoms with E-state index in [0.717, 1.165) is 29.2 Å². The molecule has 21 heavy (non-hydrogen) atoms. The van der Waals surface area contributed by atoms with Crippen LogP contribution in [0.4, 0.5) is 5.13 Å². The fraction of sp³-hybridized carbons (Fsp3) is 0.333. The van der Waals surface area contributed by atoms with E-state index in [0.29, 0.717) is 11.2 Å². The molecule has 108 valence electrons. The molecule has 0 bridgehead atoms.